The van der Waals surface area contributed by atoms with Gasteiger partial charge in [0.15, 0.2) is 0 Å². The number of thioether (sulfide) groups is 1. The van der Waals surface area contributed by atoms with Gasteiger partial charge < -0.3 is 41.9 Å². The number of amides is 7. The van der Waals surface area contributed by atoms with Gasteiger partial charge in [0, 0.05) is 13.0 Å². The van der Waals surface area contributed by atoms with Crippen LogP contribution in [0, 0.1) is 11.8 Å². The fourth-order valence-electron chi connectivity index (χ4n) is 6.06. The average molecular weight is 732 g/mol. The minimum absolute atomic E-state index is 0.00484. The van der Waals surface area contributed by atoms with E-state index in [1.54, 1.807) is 19.1 Å². The maximum atomic E-state index is 14.0. The molecule has 0 aromatic heterocycles. The Morgan fingerprint density at radius 1 is 0.804 bits per heavy atom. The van der Waals surface area contributed by atoms with Crippen molar-refractivity contribution in [1.82, 2.24) is 36.8 Å². The highest BCUT2D eigenvalue weighted by molar-refractivity contribution is 7.98. The topological polar surface area (TPSA) is 215 Å². The number of fused-ring (bicyclic) bond motifs is 1. The monoisotopic (exact) mass is 731 g/mol. The van der Waals surface area contributed by atoms with E-state index >= 15 is 0 Å². The van der Waals surface area contributed by atoms with Gasteiger partial charge in [-0.15, -0.1) is 0 Å². The molecule has 1 aromatic carbocycles. The first-order valence-electron chi connectivity index (χ1n) is 17.6. The van der Waals surface area contributed by atoms with Crippen LogP contribution < -0.4 is 31.9 Å². The lowest BCUT2D eigenvalue weighted by Crippen LogP contribution is -2.60. The molecule has 0 saturated carbocycles. The van der Waals surface area contributed by atoms with E-state index < -0.39 is 84.6 Å². The molecule has 2 heterocycles. The van der Waals surface area contributed by atoms with Gasteiger partial charge in [-0.1, -0.05) is 46.2 Å². The lowest BCUT2D eigenvalue weighted by Gasteiger charge is -2.31. The summed E-state index contributed by atoms with van der Waals surface area (Å²) in [7, 11) is 0. The summed E-state index contributed by atoms with van der Waals surface area (Å²) < 4.78 is 0. The van der Waals surface area contributed by atoms with Crippen molar-refractivity contribution in [1.29, 1.82) is 0 Å². The van der Waals surface area contributed by atoms with E-state index in [1.165, 1.54) is 28.8 Å². The van der Waals surface area contributed by atoms with E-state index in [1.807, 2.05) is 27.0 Å². The molecule has 282 valence electrons. The third-order valence-corrected chi connectivity index (χ3v) is 9.73. The van der Waals surface area contributed by atoms with Gasteiger partial charge in [0.25, 0.3) is 0 Å². The number of hydrogen-bond donors (Lipinski definition) is 7. The number of nitrogens with one attached hydrogen (secondary N) is 6. The smallest absolute Gasteiger partial charge is 0.245 e. The Balaban J connectivity index is 2.01. The first-order chi connectivity index (χ1) is 24.2. The van der Waals surface area contributed by atoms with Gasteiger partial charge in [-0.25, -0.2) is 0 Å². The van der Waals surface area contributed by atoms with Crippen molar-refractivity contribution in [2.45, 2.75) is 96.4 Å². The molecule has 2 aliphatic heterocycles. The predicted molar refractivity (Wildman–Crippen MR) is 192 cm³/mol. The van der Waals surface area contributed by atoms with Crippen molar-refractivity contribution in [2.75, 3.05) is 31.6 Å². The minimum Gasteiger partial charge on any atom is -0.508 e. The molecular weight excluding hydrogens is 678 g/mol. The number of phenolic OH excluding ortho intramolecular Hbond substituents is 1. The molecular formula is C35H53N7O8S. The Kier molecular flexibility index (Phi) is 16.0. The van der Waals surface area contributed by atoms with E-state index in [4.69, 9.17) is 0 Å². The largest absolute Gasteiger partial charge is 0.508 e. The Bertz CT molecular complexity index is 1410. The van der Waals surface area contributed by atoms with Crippen LogP contribution in [0.2, 0.25) is 0 Å². The highest BCUT2D eigenvalue weighted by Crippen LogP contribution is 2.21. The van der Waals surface area contributed by atoms with Crippen LogP contribution in [0.4, 0.5) is 0 Å². The zero-order valence-corrected chi connectivity index (χ0v) is 30.9. The molecule has 3 rings (SSSR count). The van der Waals surface area contributed by atoms with Crippen molar-refractivity contribution in [3.8, 4) is 5.75 Å². The molecule has 6 atom stereocenters. The lowest BCUT2D eigenvalue weighted by atomic mass is 9.96. The predicted octanol–water partition coefficient (Wildman–Crippen LogP) is -0.0438. The van der Waals surface area contributed by atoms with Crippen LogP contribution in [-0.2, 0) is 40.0 Å². The van der Waals surface area contributed by atoms with Crippen molar-refractivity contribution >= 4 is 53.1 Å². The molecule has 2 fully saturated rings. The number of aromatic hydroxyl groups is 1. The second kappa shape index (κ2) is 19.9. The molecule has 0 spiro atoms. The van der Waals surface area contributed by atoms with E-state index in [2.05, 4.69) is 31.9 Å². The van der Waals surface area contributed by atoms with Gasteiger partial charge >= 0.3 is 0 Å². The SMILES string of the molecule is CCC(C)C1NC(=O)CNC(=O)C(CCSC)NC(=O)CNC(=O)C2CCCN2C(=O)C(CC(C)C)NC(=O)C(Cc2ccc(O)cc2)NC1=O. The normalized spacial score (nSPS) is 25.4. The number of benzene rings is 1. The zero-order chi connectivity index (χ0) is 37.7. The average Bonchev–Trinajstić information content (AvgIpc) is 3.59. The van der Waals surface area contributed by atoms with Crippen molar-refractivity contribution < 1.29 is 38.7 Å². The van der Waals surface area contributed by atoms with E-state index in [-0.39, 0.29) is 43.4 Å². The van der Waals surface area contributed by atoms with E-state index in [0.29, 0.717) is 30.6 Å². The summed E-state index contributed by atoms with van der Waals surface area (Å²) in [5.74, 6) is -4.00. The van der Waals surface area contributed by atoms with Gasteiger partial charge in [-0.05, 0) is 67.2 Å². The molecule has 0 bridgehead atoms. The highest BCUT2D eigenvalue weighted by Gasteiger charge is 2.39. The second-order valence-corrected chi connectivity index (χ2v) is 14.6. The Labute approximate surface area is 303 Å². The van der Waals surface area contributed by atoms with Gasteiger partial charge in [-0.2, -0.15) is 11.8 Å². The number of nitrogens with zero attached hydrogens (tertiary/aromatic N) is 1. The van der Waals surface area contributed by atoms with Crippen LogP contribution in [0.1, 0.15) is 65.4 Å². The summed E-state index contributed by atoms with van der Waals surface area (Å²) in [6.07, 6.45) is 3.76. The first kappa shape index (κ1) is 41.1. The second-order valence-electron chi connectivity index (χ2n) is 13.6. The Morgan fingerprint density at radius 2 is 1.43 bits per heavy atom. The van der Waals surface area contributed by atoms with Crippen LogP contribution in [0.5, 0.6) is 5.75 Å². The van der Waals surface area contributed by atoms with E-state index in [9.17, 15) is 38.7 Å². The van der Waals surface area contributed by atoms with Crippen LogP contribution in [0.15, 0.2) is 24.3 Å². The summed E-state index contributed by atoms with van der Waals surface area (Å²) in [5, 5.41) is 25.8. The minimum atomic E-state index is -1.19. The third-order valence-electron chi connectivity index (χ3n) is 9.09. The summed E-state index contributed by atoms with van der Waals surface area (Å²) >= 11 is 1.47. The molecule has 7 amide bonds. The number of carbonyl (C=O) groups excluding carboxylic acids is 7. The fraction of sp³-hybridized carbons (Fsp3) is 0.629. The molecule has 2 saturated heterocycles. The van der Waals surface area contributed by atoms with Gasteiger partial charge in [0.05, 0.1) is 13.1 Å². The van der Waals surface area contributed by atoms with Crippen LogP contribution >= 0.6 is 11.8 Å². The van der Waals surface area contributed by atoms with Crippen LogP contribution in [0.25, 0.3) is 0 Å². The Morgan fingerprint density at radius 3 is 2.06 bits per heavy atom. The Hall–Kier alpha value is -4.34. The maximum absolute atomic E-state index is 14.0. The lowest BCUT2D eigenvalue weighted by molar-refractivity contribution is -0.142. The molecule has 7 N–H and O–H groups in total. The van der Waals surface area contributed by atoms with Gasteiger partial charge in [0.2, 0.25) is 41.4 Å². The summed E-state index contributed by atoms with van der Waals surface area (Å²) in [4.78, 5) is 95.7. The summed E-state index contributed by atoms with van der Waals surface area (Å²) in [6.45, 7) is 6.77. The standard InChI is InChI=1S/C35H53N7O8S/c1-6-21(4)30-34(49)39-25(17-22-9-11-23(43)12-10-22)32(47)40-26(16-20(2)3)35(50)42-14-7-8-27(42)33(48)37-18-28(44)38-24(13-15-51-5)31(46)36-19-29(45)41-30/h9-12,20-21,24-27,30,43H,6-8,13-19H2,1-5H3,(H,36,46)(H,37,48)(H,38,44)(H,39,49)(H,40,47)(H,41,45). The van der Waals surface area contributed by atoms with Crippen molar-refractivity contribution in [3.05, 3.63) is 29.8 Å². The van der Waals surface area contributed by atoms with Crippen molar-refractivity contribution in [2.24, 2.45) is 11.8 Å². The fourth-order valence-corrected chi connectivity index (χ4v) is 6.53. The number of phenols is 1. The molecule has 2 aliphatic rings. The number of rotatable bonds is 9. The zero-order valence-electron chi connectivity index (χ0n) is 30.1. The van der Waals surface area contributed by atoms with Crippen LogP contribution in [-0.4, -0.2) is 113 Å². The number of hydrogen-bond acceptors (Lipinski definition) is 9. The van der Waals surface area contributed by atoms with Gasteiger partial charge in [-0.3, -0.25) is 33.6 Å². The van der Waals surface area contributed by atoms with Crippen molar-refractivity contribution in [3.63, 3.8) is 0 Å². The molecule has 16 heteroatoms. The summed E-state index contributed by atoms with van der Waals surface area (Å²) in [5.41, 5.74) is 0.618. The molecule has 15 nitrogen and oxygen atoms in total. The molecule has 0 aliphatic carbocycles. The van der Waals surface area contributed by atoms with E-state index in [0.717, 1.165) is 0 Å². The van der Waals surface area contributed by atoms with Gasteiger partial charge in [0.1, 0.15) is 36.0 Å². The molecule has 6 unspecified atom stereocenters. The first-order valence-corrected chi connectivity index (χ1v) is 19.0. The quantitative estimate of drug-likeness (QED) is 0.181. The summed E-state index contributed by atoms with van der Waals surface area (Å²) in [6, 6.07) is 0.985. The maximum Gasteiger partial charge on any atom is 0.245 e. The number of carbonyl (C=O) groups is 7. The highest BCUT2D eigenvalue weighted by atomic mass is 32.2. The van der Waals surface area contributed by atoms with Crippen LogP contribution in [0.3, 0.4) is 0 Å². The molecule has 1 aromatic rings. The molecule has 0 radical (unpaired) electrons. The molecule has 51 heavy (non-hydrogen) atoms. The third kappa shape index (κ3) is 12.4.